The van der Waals surface area contributed by atoms with Crippen LogP contribution in [0.25, 0.3) is 0 Å². The van der Waals surface area contributed by atoms with E-state index in [4.69, 9.17) is 11.6 Å². The van der Waals surface area contributed by atoms with Crippen LogP contribution in [0.2, 0.25) is 5.02 Å². The number of pyridine rings is 1. The average Bonchev–Trinajstić information content (AvgIpc) is 3.05. The van der Waals surface area contributed by atoms with Gasteiger partial charge >= 0.3 is 0 Å². The third-order valence-electron chi connectivity index (χ3n) is 3.87. The van der Waals surface area contributed by atoms with Gasteiger partial charge in [-0.15, -0.1) is 0 Å². The summed E-state index contributed by atoms with van der Waals surface area (Å²) in [5.74, 6) is 0.763. The topological polar surface area (TPSA) is 63.1 Å². The molecule has 1 N–H and O–H groups in total. The lowest BCUT2D eigenvalue weighted by molar-refractivity contribution is 0.0957. The Hall–Kier alpha value is -2.08. The van der Waals surface area contributed by atoms with Crippen molar-refractivity contribution in [2.24, 2.45) is 0 Å². The fourth-order valence-electron chi connectivity index (χ4n) is 2.72. The summed E-state index contributed by atoms with van der Waals surface area (Å²) in [7, 11) is 1.61. The minimum Gasteiger partial charge on any atom is -0.354 e. The number of halogens is 1. The van der Waals surface area contributed by atoms with Crippen LogP contribution in [0.15, 0.2) is 30.6 Å². The summed E-state index contributed by atoms with van der Waals surface area (Å²) in [4.78, 5) is 18.2. The lowest BCUT2D eigenvalue weighted by Gasteiger charge is -2.33. The molecule has 2 aromatic rings. The third-order valence-corrected chi connectivity index (χ3v) is 4.10. The van der Waals surface area contributed by atoms with E-state index >= 15 is 0 Å². The third kappa shape index (κ3) is 3.06. The van der Waals surface area contributed by atoms with E-state index in [2.05, 4.69) is 20.3 Å². The normalized spacial score (nSPS) is 18.3. The summed E-state index contributed by atoms with van der Waals surface area (Å²) >= 11 is 5.89. The molecule has 2 aromatic heterocycles. The van der Waals surface area contributed by atoms with Gasteiger partial charge in [0, 0.05) is 32.5 Å². The highest BCUT2D eigenvalue weighted by molar-refractivity contribution is 6.30. The molecule has 0 aliphatic carbocycles. The molecule has 1 aliphatic heterocycles. The van der Waals surface area contributed by atoms with Gasteiger partial charge in [-0.3, -0.25) is 9.48 Å². The van der Waals surface area contributed by atoms with E-state index in [1.54, 1.807) is 19.3 Å². The van der Waals surface area contributed by atoms with Gasteiger partial charge in [0.1, 0.15) is 11.5 Å². The molecule has 1 saturated heterocycles. The van der Waals surface area contributed by atoms with E-state index in [1.807, 2.05) is 23.0 Å². The Kier molecular flexibility index (Phi) is 4.29. The number of carbonyl (C=O) groups is 1. The molecule has 22 heavy (non-hydrogen) atoms. The van der Waals surface area contributed by atoms with E-state index in [-0.39, 0.29) is 11.9 Å². The molecule has 1 unspecified atom stereocenters. The van der Waals surface area contributed by atoms with Crippen LogP contribution in [-0.2, 0) is 0 Å². The highest BCUT2D eigenvalue weighted by atomic mass is 35.5. The van der Waals surface area contributed by atoms with Gasteiger partial charge in [-0.1, -0.05) is 11.6 Å². The van der Waals surface area contributed by atoms with Crippen molar-refractivity contribution in [3.63, 3.8) is 0 Å². The Morgan fingerprint density at radius 2 is 2.27 bits per heavy atom. The van der Waals surface area contributed by atoms with E-state index in [0.717, 1.165) is 31.7 Å². The van der Waals surface area contributed by atoms with Crippen LogP contribution in [-0.4, -0.2) is 40.8 Å². The molecule has 3 heterocycles. The van der Waals surface area contributed by atoms with Gasteiger partial charge in [-0.05, 0) is 31.0 Å². The zero-order chi connectivity index (χ0) is 15.5. The van der Waals surface area contributed by atoms with Crippen molar-refractivity contribution in [2.45, 2.75) is 18.9 Å². The molecular formula is C15H18ClN5O. The van der Waals surface area contributed by atoms with Crippen molar-refractivity contribution < 1.29 is 4.79 Å². The molecule has 1 fully saturated rings. The van der Waals surface area contributed by atoms with Crippen LogP contribution in [0, 0.1) is 0 Å². The number of piperidine rings is 1. The van der Waals surface area contributed by atoms with Gasteiger partial charge in [0.25, 0.3) is 5.91 Å². The fourth-order valence-corrected chi connectivity index (χ4v) is 2.84. The first kappa shape index (κ1) is 14.8. The summed E-state index contributed by atoms with van der Waals surface area (Å²) in [5, 5.41) is 7.61. The molecule has 3 rings (SSSR count). The van der Waals surface area contributed by atoms with Crippen LogP contribution in [0.4, 0.5) is 5.82 Å². The maximum atomic E-state index is 11.6. The number of hydrogen-bond acceptors (Lipinski definition) is 4. The van der Waals surface area contributed by atoms with Crippen LogP contribution in [0.3, 0.4) is 0 Å². The molecule has 7 heteroatoms. The van der Waals surface area contributed by atoms with Gasteiger partial charge in [-0.25, -0.2) is 4.98 Å². The minimum absolute atomic E-state index is 0.161. The zero-order valence-electron chi connectivity index (χ0n) is 12.4. The van der Waals surface area contributed by atoms with E-state index in [1.165, 1.54) is 0 Å². The summed E-state index contributed by atoms with van der Waals surface area (Å²) in [5.41, 5.74) is 0.448. The largest absolute Gasteiger partial charge is 0.354 e. The van der Waals surface area contributed by atoms with Crippen molar-refractivity contribution in [1.29, 1.82) is 0 Å². The Morgan fingerprint density at radius 3 is 3.00 bits per heavy atom. The Labute approximate surface area is 134 Å². The van der Waals surface area contributed by atoms with Gasteiger partial charge in [0.15, 0.2) is 0 Å². The number of anilines is 1. The van der Waals surface area contributed by atoms with Crippen LogP contribution >= 0.6 is 11.6 Å². The summed E-state index contributed by atoms with van der Waals surface area (Å²) in [6, 6.07) is 5.78. The van der Waals surface area contributed by atoms with Gasteiger partial charge in [0.05, 0.1) is 11.1 Å². The number of carbonyl (C=O) groups excluding carboxylic acids is 1. The molecule has 116 valence electrons. The van der Waals surface area contributed by atoms with Crippen molar-refractivity contribution in [1.82, 2.24) is 20.1 Å². The first-order chi connectivity index (χ1) is 10.7. The number of aromatic nitrogens is 3. The lowest BCUT2D eigenvalue weighted by Crippen LogP contribution is -2.37. The predicted molar refractivity (Wildman–Crippen MR) is 85.3 cm³/mol. The smallest absolute Gasteiger partial charge is 0.271 e. The molecule has 0 aromatic carbocycles. The van der Waals surface area contributed by atoms with Crippen molar-refractivity contribution in [2.75, 3.05) is 25.0 Å². The quantitative estimate of drug-likeness (QED) is 0.941. The maximum Gasteiger partial charge on any atom is 0.271 e. The van der Waals surface area contributed by atoms with Crippen molar-refractivity contribution in [3.8, 4) is 0 Å². The number of nitrogens with one attached hydrogen (secondary N) is 1. The molecule has 0 saturated carbocycles. The first-order valence-electron chi connectivity index (χ1n) is 7.31. The number of amides is 1. The second-order valence-corrected chi connectivity index (χ2v) is 5.77. The first-order valence-corrected chi connectivity index (χ1v) is 7.69. The highest BCUT2D eigenvalue weighted by Gasteiger charge is 2.23. The van der Waals surface area contributed by atoms with E-state index in [9.17, 15) is 4.79 Å². The van der Waals surface area contributed by atoms with E-state index < -0.39 is 0 Å². The average molecular weight is 320 g/mol. The zero-order valence-corrected chi connectivity index (χ0v) is 13.1. The molecular weight excluding hydrogens is 302 g/mol. The Bertz CT molecular complexity index is 654. The summed E-state index contributed by atoms with van der Waals surface area (Å²) < 4.78 is 1.88. The summed E-state index contributed by atoms with van der Waals surface area (Å²) in [6.45, 7) is 1.79. The predicted octanol–water partition coefficient (Wildman–Crippen LogP) is 2.13. The van der Waals surface area contributed by atoms with Gasteiger partial charge in [0.2, 0.25) is 0 Å². The van der Waals surface area contributed by atoms with Gasteiger partial charge in [-0.2, -0.15) is 5.10 Å². The van der Waals surface area contributed by atoms with Crippen LogP contribution in [0.1, 0.15) is 29.4 Å². The van der Waals surface area contributed by atoms with Crippen LogP contribution in [0.5, 0.6) is 0 Å². The van der Waals surface area contributed by atoms with Gasteiger partial charge < -0.3 is 10.2 Å². The molecule has 0 bridgehead atoms. The lowest BCUT2D eigenvalue weighted by atomic mass is 10.1. The summed E-state index contributed by atoms with van der Waals surface area (Å²) in [6.07, 6.45) is 5.63. The number of nitrogens with zero attached hydrogens (tertiary/aromatic N) is 4. The second-order valence-electron chi connectivity index (χ2n) is 5.34. The molecule has 0 spiro atoms. The monoisotopic (exact) mass is 319 g/mol. The van der Waals surface area contributed by atoms with Crippen molar-refractivity contribution >= 4 is 23.3 Å². The number of hydrogen-bond donors (Lipinski definition) is 1. The second kappa shape index (κ2) is 6.36. The van der Waals surface area contributed by atoms with Crippen LogP contribution < -0.4 is 10.2 Å². The Balaban J connectivity index is 1.74. The molecule has 6 nitrogen and oxygen atoms in total. The number of rotatable bonds is 3. The standard InChI is InChI=1S/C15H18ClN5O/c1-17-15(22)13-6-8-21(19-13)12-3-2-7-20(10-12)14-5-4-11(16)9-18-14/h4-6,8-9,12H,2-3,7,10H2,1H3,(H,17,22). The molecule has 0 radical (unpaired) electrons. The SMILES string of the molecule is CNC(=O)c1ccn(C2CCCN(c3ccc(Cl)cn3)C2)n1. The fraction of sp³-hybridized carbons (Fsp3) is 0.400. The maximum absolute atomic E-state index is 11.6. The van der Waals surface area contributed by atoms with Crippen molar-refractivity contribution in [3.05, 3.63) is 41.3 Å². The molecule has 1 atom stereocenters. The molecule has 1 amide bonds. The van der Waals surface area contributed by atoms with E-state index in [0.29, 0.717) is 10.7 Å². The highest BCUT2D eigenvalue weighted by Crippen LogP contribution is 2.25. The Morgan fingerprint density at radius 1 is 1.41 bits per heavy atom. The minimum atomic E-state index is -0.161. The molecule has 1 aliphatic rings.